The summed E-state index contributed by atoms with van der Waals surface area (Å²) in [6.07, 6.45) is 3.38. The molecule has 0 spiro atoms. The number of nitrogens with one attached hydrogen (secondary N) is 1. The van der Waals surface area contributed by atoms with Gasteiger partial charge in [0.2, 0.25) is 18.6 Å². The van der Waals surface area contributed by atoms with Crippen LogP contribution in [0.2, 0.25) is 0 Å². The molecule has 0 atom stereocenters. The summed E-state index contributed by atoms with van der Waals surface area (Å²) in [7, 11) is 0. The molecule has 9 nitrogen and oxygen atoms in total. The van der Waals surface area contributed by atoms with Gasteiger partial charge < -0.3 is 24.6 Å². The maximum Gasteiger partial charge on any atom is 0.251 e. The molecule has 3 amide bonds. The number of rotatable bonds is 5. The first-order chi connectivity index (χ1) is 14.6. The first kappa shape index (κ1) is 20.5. The lowest BCUT2D eigenvalue weighted by molar-refractivity contribution is -0.135. The van der Waals surface area contributed by atoms with Gasteiger partial charge in [-0.25, -0.2) is 0 Å². The summed E-state index contributed by atoms with van der Waals surface area (Å²) in [5, 5.41) is 2.67. The van der Waals surface area contributed by atoms with Gasteiger partial charge in [-0.05, 0) is 37.5 Å². The third-order valence-corrected chi connectivity index (χ3v) is 5.83. The van der Waals surface area contributed by atoms with Crippen LogP contribution in [0, 0.1) is 0 Å². The molecular weight excluding hydrogens is 388 g/mol. The van der Waals surface area contributed by atoms with E-state index in [9.17, 15) is 14.4 Å². The summed E-state index contributed by atoms with van der Waals surface area (Å²) in [6, 6.07) is 4.94. The Labute approximate surface area is 175 Å². The average molecular weight is 416 g/mol. The van der Waals surface area contributed by atoms with E-state index in [2.05, 4.69) is 10.2 Å². The Morgan fingerprint density at radius 2 is 1.53 bits per heavy atom. The predicted octanol–water partition coefficient (Wildman–Crippen LogP) is 0.302. The highest BCUT2D eigenvalue weighted by Gasteiger charge is 2.25. The van der Waals surface area contributed by atoms with E-state index in [4.69, 9.17) is 9.47 Å². The monoisotopic (exact) mass is 416 g/mol. The maximum absolute atomic E-state index is 12.5. The molecule has 0 bridgehead atoms. The smallest absolute Gasteiger partial charge is 0.251 e. The van der Waals surface area contributed by atoms with E-state index >= 15 is 0 Å². The second kappa shape index (κ2) is 9.34. The minimum absolute atomic E-state index is 0.0556. The number of amides is 3. The number of carbonyl (C=O) groups excluding carboxylic acids is 3. The van der Waals surface area contributed by atoms with Gasteiger partial charge in [-0.2, -0.15) is 0 Å². The Bertz CT molecular complexity index is 801. The van der Waals surface area contributed by atoms with E-state index in [1.807, 2.05) is 4.90 Å². The minimum atomic E-state index is -0.326. The lowest BCUT2D eigenvalue weighted by Crippen LogP contribution is -2.53. The molecule has 0 unspecified atom stereocenters. The van der Waals surface area contributed by atoms with Crippen LogP contribution in [0.1, 0.15) is 29.6 Å². The van der Waals surface area contributed by atoms with E-state index in [1.165, 1.54) is 6.42 Å². The largest absolute Gasteiger partial charge is 0.454 e. The molecule has 9 heteroatoms. The number of piperidine rings is 1. The van der Waals surface area contributed by atoms with Crippen LogP contribution in [0.4, 0.5) is 0 Å². The van der Waals surface area contributed by atoms with Crippen LogP contribution >= 0.6 is 0 Å². The summed E-state index contributed by atoms with van der Waals surface area (Å²) in [5.41, 5.74) is 0.424. The molecule has 30 heavy (non-hydrogen) atoms. The van der Waals surface area contributed by atoms with Crippen LogP contribution in [0.25, 0.3) is 0 Å². The zero-order chi connectivity index (χ0) is 20.9. The SMILES string of the molecule is O=C(NCC(=O)N1CCN(CC(=O)N2CCCCC2)CC1)c1ccc2c(c1)OCO2. The number of ether oxygens (including phenoxy) is 2. The van der Waals surface area contributed by atoms with E-state index in [-0.39, 0.29) is 31.1 Å². The molecule has 1 aromatic rings. The fourth-order valence-electron chi connectivity index (χ4n) is 4.00. The summed E-state index contributed by atoms with van der Waals surface area (Å²) in [6.45, 7) is 4.69. The second-order valence-corrected chi connectivity index (χ2v) is 7.85. The van der Waals surface area contributed by atoms with Crippen molar-refractivity contribution in [3.05, 3.63) is 23.8 Å². The van der Waals surface area contributed by atoms with Gasteiger partial charge >= 0.3 is 0 Å². The summed E-state index contributed by atoms with van der Waals surface area (Å²) >= 11 is 0. The van der Waals surface area contributed by atoms with Crippen LogP contribution in [-0.4, -0.2) is 91.6 Å². The van der Waals surface area contributed by atoms with E-state index in [0.29, 0.717) is 49.8 Å². The lowest BCUT2D eigenvalue weighted by atomic mass is 10.1. The first-order valence-corrected chi connectivity index (χ1v) is 10.6. The molecule has 3 aliphatic heterocycles. The number of piperazine rings is 1. The molecule has 3 heterocycles. The molecule has 0 radical (unpaired) electrons. The zero-order valence-corrected chi connectivity index (χ0v) is 17.1. The second-order valence-electron chi connectivity index (χ2n) is 7.85. The fourth-order valence-corrected chi connectivity index (χ4v) is 4.00. The Kier molecular flexibility index (Phi) is 6.37. The van der Waals surface area contributed by atoms with Crippen LogP contribution in [0.5, 0.6) is 11.5 Å². The van der Waals surface area contributed by atoms with Gasteiger partial charge in [0.1, 0.15) is 0 Å². The molecule has 1 N–H and O–H groups in total. The molecule has 0 saturated carbocycles. The topological polar surface area (TPSA) is 91.4 Å². The summed E-state index contributed by atoms with van der Waals surface area (Å²) in [4.78, 5) is 43.0. The van der Waals surface area contributed by atoms with Crippen LogP contribution in [0.15, 0.2) is 18.2 Å². The van der Waals surface area contributed by atoms with Gasteiger partial charge in [-0.1, -0.05) is 0 Å². The van der Waals surface area contributed by atoms with Crippen LogP contribution in [-0.2, 0) is 9.59 Å². The molecule has 1 aromatic carbocycles. The third kappa shape index (κ3) is 4.84. The standard InChI is InChI=1S/C21H28N4O5/c26-19(13-22-21(28)16-4-5-17-18(12-16)30-15-29-17)25-10-8-23(9-11-25)14-20(27)24-6-2-1-3-7-24/h4-5,12H,1-3,6-11,13-15H2,(H,22,28). The highest BCUT2D eigenvalue weighted by atomic mass is 16.7. The molecule has 2 saturated heterocycles. The van der Waals surface area contributed by atoms with Crippen molar-refractivity contribution < 1.29 is 23.9 Å². The van der Waals surface area contributed by atoms with Crippen molar-refractivity contribution in [2.24, 2.45) is 0 Å². The van der Waals surface area contributed by atoms with Crippen molar-refractivity contribution >= 4 is 17.7 Å². The van der Waals surface area contributed by atoms with Crippen molar-refractivity contribution in [1.82, 2.24) is 20.0 Å². The van der Waals surface area contributed by atoms with Crippen molar-refractivity contribution in [3.8, 4) is 11.5 Å². The number of fused-ring (bicyclic) bond motifs is 1. The van der Waals surface area contributed by atoms with Crippen LogP contribution in [0.3, 0.4) is 0 Å². The van der Waals surface area contributed by atoms with Gasteiger partial charge in [0, 0.05) is 44.8 Å². The Balaban J connectivity index is 1.19. The highest BCUT2D eigenvalue weighted by molar-refractivity contribution is 5.97. The fraction of sp³-hybridized carbons (Fsp3) is 0.571. The van der Waals surface area contributed by atoms with Crippen molar-refractivity contribution in [3.63, 3.8) is 0 Å². The average Bonchev–Trinajstić information content (AvgIpc) is 3.26. The minimum Gasteiger partial charge on any atom is -0.454 e. The van der Waals surface area contributed by atoms with E-state index in [1.54, 1.807) is 23.1 Å². The maximum atomic E-state index is 12.5. The number of benzene rings is 1. The van der Waals surface area contributed by atoms with Crippen molar-refractivity contribution in [2.45, 2.75) is 19.3 Å². The third-order valence-electron chi connectivity index (χ3n) is 5.83. The van der Waals surface area contributed by atoms with Crippen LogP contribution < -0.4 is 14.8 Å². The number of hydrogen-bond donors (Lipinski definition) is 1. The van der Waals surface area contributed by atoms with Crippen molar-refractivity contribution in [2.75, 3.05) is 59.2 Å². The first-order valence-electron chi connectivity index (χ1n) is 10.6. The zero-order valence-electron chi connectivity index (χ0n) is 17.1. The Morgan fingerprint density at radius 1 is 0.833 bits per heavy atom. The quantitative estimate of drug-likeness (QED) is 0.743. The number of carbonyl (C=O) groups is 3. The van der Waals surface area contributed by atoms with Gasteiger partial charge in [0.15, 0.2) is 11.5 Å². The Hall–Kier alpha value is -2.81. The van der Waals surface area contributed by atoms with Gasteiger partial charge in [-0.3, -0.25) is 19.3 Å². The van der Waals surface area contributed by atoms with Gasteiger partial charge in [-0.15, -0.1) is 0 Å². The van der Waals surface area contributed by atoms with Gasteiger partial charge in [0.25, 0.3) is 5.91 Å². The molecule has 162 valence electrons. The molecular formula is C21H28N4O5. The van der Waals surface area contributed by atoms with Crippen molar-refractivity contribution in [1.29, 1.82) is 0 Å². The van der Waals surface area contributed by atoms with E-state index in [0.717, 1.165) is 25.9 Å². The lowest BCUT2D eigenvalue weighted by Gasteiger charge is -2.36. The number of nitrogens with zero attached hydrogens (tertiary/aromatic N) is 3. The number of hydrogen-bond acceptors (Lipinski definition) is 6. The predicted molar refractivity (Wildman–Crippen MR) is 108 cm³/mol. The molecule has 2 fully saturated rings. The van der Waals surface area contributed by atoms with Gasteiger partial charge in [0.05, 0.1) is 13.1 Å². The highest BCUT2D eigenvalue weighted by Crippen LogP contribution is 2.32. The molecule has 4 rings (SSSR count). The normalized spacial score (nSPS) is 18.9. The molecule has 0 aliphatic carbocycles. The van der Waals surface area contributed by atoms with E-state index < -0.39 is 0 Å². The Morgan fingerprint density at radius 3 is 2.30 bits per heavy atom. The summed E-state index contributed by atoms with van der Waals surface area (Å²) < 4.78 is 10.5. The number of likely N-dealkylation sites (tertiary alicyclic amines) is 1. The summed E-state index contributed by atoms with van der Waals surface area (Å²) in [5.74, 6) is 0.882. The molecule has 0 aromatic heterocycles. The molecule has 3 aliphatic rings.